The highest BCUT2D eigenvalue weighted by Crippen LogP contribution is 2.33. The number of nitrogens with zero attached hydrogens (tertiary/aromatic N) is 1. The SMILES string of the molecule is CC1CC(C)C(C)N(c2ccc(F)cc2CNC(C)C)C1. The van der Waals surface area contributed by atoms with Crippen LogP contribution < -0.4 is 10.2 Å². The molecule has 0 amide bonds. The third-order valence-corrected chi connectivity index (χ3v) is 4.65. The molecule has 1 heterocycles. The van der Waals surface area contributed by atoms with Crippen LogP contribution in [0.5, 0.6) is 0 Å². The molecule has 0 aromatic heterocycles. The van der Waals surface area contributed by atoms with Gasteiger partial charge in [-0.15, -0.1) is 0 Å². The first kappa shape index (κ1) is 16.3. The normalized spacial score (nSPS) is 26.4. The fraction of sp³-hybridized carbons (Fsp3) is 0.667. The number of nitrogens with one attached hydrogen (secondary N) is 1. The quantitative estimate of drug-likeness (QED) is 0.895. The average Bonchev–Trinajstić information content (AvgIpc) is 2.41. The molecule has 1 N–H and O–H groups in total. The molecule has 0 radical (unpaired) electrons. The smallest absolute Gasteiger partial charge is 0.123 e. The molecule has 3 unspecified atom stereocenters. The highest BCUT2D eigenvalue weighted by Gasteiger charge is 2.30. The fourth-order valence-electron chi connectivity index (χ4n) is 3.32. The zero-order valence-electron chi connectivity index (χ0n) is 14.0. The Kier molecular flexibility index (Phi) is 5.26. The predicted molar refractivity (Wildman–Crippen MR) is 88.1 cm³/mol. The second-order valence-electron chi connectivity index (χ2n) is 7.02. The van der Waals surface area contributed by atoms with Crippen LogP contribution in [0.3, 0.4) is 0 Å². The van der Waals surface area contributed by atoms with Gasteiger partial charge in [-0.05, 0) is 48.9 Å². The predicted octanol–water partition coefficient (Wildman–Crippen LogP) is 4.19. The maximum atomic E-state index is 13.6. The van der Waals surface area contributed by atoms with Gasteiger partial charge in [0.15, 0.2) is 0 Å². The molecule has 0 bridgehead atoms. The Labute approximate surface area is 128 Å². The summed E-state index contributed by atoms with van der Waals surface area (Å²) in [7, 11) is 0. The largest absolute Gasteiger partial charge is 0.368 e. The number of anilines is 1. The Morgan fingerprint density at radius 1 is 1.29 bits per heavy atom. The van der Waals surface area contributed by atoms with Crippen molar-refractivity contribution in [2.75, 3.05) is 11.4 Å². The lowest BCUT2D eigenvalue weighted by Crippen LogP contribution is -2.46. The number of benzene rings is 1. The molecule has 1 aromatic rings. The lowest BCUT2D eigenvalue weighted by atomic mass is 9.85. The van der Waals surface area contributed by atoms with Gasteiger partial charge in [0, 0.05) is 30.9 Å². The van der Waals surface area contributed by atoms with Gasteiger partial charge >= 0.3 is 0 Å². The summed E-state index contributed by atoms with van der Waals surface area (Å²) in [5.74, 6) is 1.21. The molecule has 118 valence electrons. The van der Waals surface area contributed by atoms with E-state index < -0.39 is 0 Å². The number of halogens is 1. The Hall–Kier alpha value is -1.09. The van der Waals surface area contributed by atoms with Gasteiger partial charge in [0.2, 0.25) is 0 Å². The molecule has 1 aromatic carbocycles. The van der Waals surface area contributed by atoms with E-state index in [0.29, 0.717) is 23.9 Å². The standard InChI is InChI=1S/C18H29FN2/c1-12(2)20-10-16-9-17(19)6-7-18(16)21-11-13(3)8-14(4)15(21)5/h6-7,9,12-15,20H,8,10-11H2,1-5H3. The summed E-state index contributed by atoms with van der Waals surface area (Å²) < 4.78 is 13.6. The summed E-state index contributed by atoms with van der Waals surface area (Å²) >= 11 is 0. The first-order chi connectivity index (χ1) is 9.88. The second kappa shape index (κ2) is 6.78. The van der Waals surface area contributed by atoms with Crippen molar-refractivity contribution in [1.82, 2.24) is 5.32 Å². The summed E-state index contributed by atoms with van der Waals surface area (Å²) in [5.41, 5.74) is 2.26. The van der Waals surface area contributed by atoms with E-state index in [0.717, 1.165) is 18.7 Å². The summed E-state index contributed by atoms with van der Waals surface area (Å²) in [6, 6.07) is 6.13. The summed E-state index contributed by atoms with van der Waals surface area (Å²) in [4.78, 5) is 2.47. The molecule has 2 rings (SSSR count). The number of rotatable bonds is 4. The molecule has 3 atom stereocenters. The van der Waals surface area contributed by atoms with Crippen LogP contribution >= 0.6 is 0 Å². The molecule has 0 saturated carbocycles. The van der Waals surface area contributed by atoms with E-state index in [9.17, 15) is 4.39 Å². The average molecular weight is 292 g/mol. The monoisotopic (exact) mass is 292 g/mol. The van der Waals surface area contributed by atoms with Gasteiger partial charge in [0.05, 0.1) is 0 Å². The van der Waals surface area contributed by atoms with E-state index in [1.807, 2.05) is 6.07 Å². The highest BCUT2D eigenvalue weighted by atomic mass is 19.1. The topological polar surface area (TPSA) is 15.3 Å². The van der Waals surface area contributed by atoms with Crippen LogP contribution in [0.1, 0.15) is 46.6 Å². The second-order valence-corrected chi connectivity index (χ2v) is 7.02. The van der Waals surface area contributed by atoms with Crippen molar-refractivity contribution in [3.63, 3.8) is 0 Å². The molecule has 2 nitrogen and oxygen atoms in total. The zero-order valence-corrected chi connectivity index (χ0v) is 14.0. The molecule has 21 heavy (non-hydrogen) atoms. The van der Waals surface area contributed by atoms with E-state index >= 15 is 0 Å². The van der Waals surface area contributed by atoms with Crippen molar-refractivity contribution in [3.05, 3.63) is 29.6 Å². The van der Waals surface area contributed by atoms with Gasteiger partial charge in [-0.2, -0.15) is 0 Å². The van der Waals surface area contributed by atoms with Gasteiger partial charge in [-0.3, -0.25) is 0 Å². The summed E-state index contributed by atoms with van der Waals surface area (Å²) in [5, 5.41) is 3.41. The maximum Gasteiger partial charge on any atom is 0.123 e. The first-order valence-corrected chi connectivity index (χ1v) is 8.17. The van der Waals surface area contributed by atoms with E-state index in [2.05, 4.69) is 44.8 Å². The van der Waals surface area contributed by atoms with Crippen LogP contribution in [0.25, 0.3) is 0 Å². The Morgan fingerprint density at radius 2 is 2.00 bits per heavy atom. The van der Waals surface area contributed by atoms with Crippen molar-refractivity contribution in [2.24, 2.45) is 11.8 Å². The van der Waals surface area contributed by atoms with Crippen LogP contribution in [-0.2, 0) is 6.54 Å². The number of hydrogen-bond acceptors (Lipinski definition) is 2. The fourth-order valence-corrected chi connectivity index (χ4v) is 3.32. The third-order valence-electron chi connectivity index (χ3n) is 4.65. The lowest BCUT2D eigenvalue weighted by Gasteiger charge is -2.43. The molecule has 1 saturated heterocycles. The van der Waals surface area contributed by atoms with Gasteiger partial charge < -0.3 is 10.2 Å². The molecule has 0 aliphatic carbocycles. The number of piperidine rings is 1. The molecule has 1 aliphatic heterocycles. The molecular weight excluding hydrogens is 263 g/mol. The minimum atomic E-state index is -0.148. The highest BCUT2D eigenvalue weighted by molar-refractivity contribution is 5.55. The molecular formula is C18H29FN2. The van der Waals surface area contributed by atoms with E-state index in [4.69, 9.17) is 0 Å². The van der Waals surface area contributed by atoms with Crippen LogP contribution in [0, 0.1) is 17.7 Å². The Morgan fingerprint density at radius 3 is 2.67 bits per heavy atom. The van der Waals surface area contributed by atoms with Crippen molar-refractivity contribution < 1.29 is 4.39 Å². The van der Waals surface area contributed by atoms with Gasteiger partial charge in [-0.1, -0.05) is 27.7 Å². The van der Waals surface area contributed by atoms with Crippen molar-refractivity contribution >= 4 is 5.69 Å². The van der Waals surface area contributed by atoms with E-state index in [1.165, 1.54) is 12.1 Å². The van der Waals surface area contributed by atoms with Crippen LogP contribution in [0.15, 0.2) is 18.2 Å². The minimum absolute atomic E-state index is 0.148. The van der Waals surface area contributed by atoms with Gasteiger partial charge in [0.1, 0.15) is 5.82 Å². The number of hydrogen-bond donors (Lipinski definition) is 1. The summed E-state index contributed by atoms with van der Waals surface area (Å²) in [6.07, 6.45) is 1.28. The van der Waals surface area contributed by atoms with Crippen LogP contribution in [-0.4, -0.2) is 18.6 Å². The minimum Gasteiger partial charge on any atom is -0.368 e. The van der Waals surface area contributed by atoms with Crippen molar-refractivity contribution in [3.8, 4) is 0 Å². The zero-order chi connectivity index (χ0) is 15.6. The van der Waals surface area contributed by atoms with Crippen LogP contribution in [0.2, 0.25) is 0 Å². The Bertz CT molecular complexity index is 472. The van der Waals surface area contributed by atoms with Crippen molar-refractivity contribution in [1.29, 1.82) is 0 Å². The van der Waals surface area contributed by atoms with E-state index in [1.54, 1.807) is 12.1 Å². The maximum absolute atomic E-state index is 13.6. The molecule has 0 spiro atoms. The van der Waals surface area contributed by atoms with Crippen molar-refractivity contribution in [2.45, 2.75) is 59.7 Å². The van der Waals surface area contributed by atoms with Crippen LogP contribution in [0.4, 0.5) is 10.1 Å². The third kappa shape index (κ3) is 3.97. The van der Waals surface area contributed by atoms with Gasteiger partial charge in [-0.25, -0.2) is 4.39 Å². The van der Waals surface area contributed by atoms with E-state index in [-0.39, 0.29) is 5.82 Å². The molecule has 1 fully saturated rings. The lowest BCUT2D eigenvalue weighted by molar-refractivity contribution is 0.296. The summed E-state index contributed by atoms with van der Waals surface area (Å²) in [6.45, 7) is 12.9. The first-order valence-electron chi connectivity index (χ1n) is 8.17. The molecule has 1 aliphatic rings. The molecule has 3 heteroatoms. The van der Waals surface area contributed by atoms with Gasteiger partial charge in [0.25, 0.3) is 0 Å². The Balaban J connectivity index is 2.28.